The zero-order valence-electron chi connectivity index (χ0n) is 5.94. The van der Waals surface area contributed by atoms with E-state index in [-0.39, 0.29) is 11.4 Å². The van der Waals surface area contributed by atoms with Crippen molar-refractivity contribution in [1.82, 2.24) is 4.98 Å². The Hall–Kier alpha value is -1.14. The van der Waals surface area contributed by atoms with E-state index in [2.05, 4.69) is 16.8 Å². The summed E-state index contributed by atoms with van der Waals surface area (Å²) >= 11 is 5.24. The van der Waals surface area contributed by atoms with Crippen LogP contribution in [0.4, 0.5) is 8.78 Å². The second-order valence-electron chi connectivity index (χ2n) is 1.91. The van der Waals surface area contributed by atoms with Gasteiger partial charge in [0.2, 0.25) is 11.9 Å². The van der Waals surface area contributed by atoms with Crippen molar-refractivity contribution in [2.75, 3.05) is 5.88 Å². The number of pyridine rings is 1. The van der Waals surface area contributed by atoms with Gasteiger partial charge in [0.05, 0.1) is 11.4 Å². The maximum absolute atomic E-state index is 12.7. The molecule has 0 amide bonds. The van der Waals surface area contributed by atoms with Crippen molar-refractivity contribution in [3.8, 4) is 11.8 Å². The highest BCUT2D eigenvalue weighted by molar-refractivity contribution is 6.19. The highest BCUT2D eigenvalue weighted by atomic mass is 35.5. The number of halogens is 3. The van der Waals surface area contributed by atoms with Gasteiger partial charge in [0.1, 0.15) is 0 Å². The lowest BCUT2D eigenvalue weighted by Crippen LogP contribution is -1.91. The van der Waals surface area contributed by atoms with E-state index in [1.54, 1.807) is 0 Å². The normalized spacial score (nSPS) is 8.92. The zero-order valence-corrected chi connectivity index (χ0v) is 6.70. The lowest BCUT2D eigenvalue weighted by atomic mass is 10.3. The molecule has 1 nitrogen and oxygen atoms in total. The highest BCUT2D eigenvalue weighted by Crippen LogP contribution is 2.03. The molecule has 0 spiro atoms. The molecule has 0 aliphatic heterocycles. The molecule has 0 bridgehead atoms. The predicted octanol–water partition coefficient (Wildman–Crippen LogP) is 1.95. The Morgan fingerprint density at radius 2 is 2.17 bits per heavy atom. The van der Waals surface area contributed by atoms with Crippen LogP contribution in [0, 0.1) is 23.7 Å². The average molecular weight is 188 g/mol. The first-order chi connectivity index (χ1) is 5.74. The summed E-state index contributed by atoms with van der Waals surface area (Å²) in [6.45, 7) is 0. The van der Waals surface area contributed by atoms with Crippen molar-refractivity contribution >= 4 is 11.6 Å². The van der Waals surface area contributed by atoms with Gasteiger partial charge in [0.25, 0.3) is 0 Å². The van der Waals surface area contributed by atoms with Crippen molar-refractivity contribution in [3.05, 3.63) is 29.6 Å². The second-order valence-corrected chi connectivity index (χ2v) is 2.18. The number of aromatic nitrogens is 1. The minimum absolute atomic E-state index is 0.0528. The van der Waals surface area contributed by atoms with Crippen LogP contribution in [0.1, 0.15) is 5.56 Å². The summed E-state index contributed by atoms with van der Waals surface area (Å²) in [7, 11) is 0. The van der Waals surface area contributed by atoms with E-state index in [0.717, 1.165) is 6.07 Å². The van der Waals surface area contributed by atoms with Crippen molar-refractivity contribution in [1.29, 1.82) is 0 Å². The fourth-order valence-corrected chi connectivity index (χ4v) is 0.701. The van der Waals surface area contributed by atoms with E-state index in [9.17, 15) is 8.78 Å². The maximum atomic E-state index is 12.7. The topological polar surface area (TPSA) is 12.9 Å². The molecule has 0 N–H and O–H groups in total. The van der Waals surface area contributed by atoms with E-state index in [0.29, 0.717) is 0 Å². The fraction of sp³-hybridized carbons (Fsp3) is 0.125. The van der Waals surface area contributed by atoms with Gasteiger partial charge in [-0.2, -0.15) is 13.8 Å². The smallest absolute Gasteiger partial charge is 0.189 e. The summed E-state index contributed by atoms with van der Waals surface area (Å²) in [6, 6.07) is 2.26. The first kappa shape index (κ1) is 8.95. The first-order valence-corrected chi connectivity index (χ1v) is 3.64. The van der Waals surface area contributed by atoms with Gasteiger partial charge < -0.3 is 0 Å². The van der Waals surface area contributed by atoms with Crippen LogP contribution in [0.15, 0.2) is 12.1 Å². The summed E-state index contributed by atoms with van der Waals surface area (Å²) in [5.41, 5.74) is 0.0528. The van der Waals surface area contributed by atoms with Crippen LogP contribution >= 0.6 is 11.6 Å². The molecule has 0 saturated heterocycles. The summed E-state index contributed by atoms with van der Waals surface area (Å²) in [4.78, 5) is 2.95. The molecule has 0 atom stereocenters. The molecule has 0 saturated carbocycles. The third kappa shape index (κ3) is 2.18. The number of alkyl halides is 1. The first-order valence-electron chi connectivity index (χ1n) is 3.11. The third-order valence-corrected chi connectivity index (χ3v) is 1.24. The molecular weight excluding hydrogens is 184 g/mol. The molecule has 0 unspecified atom stereocenters. The van der Waals surface area contributed by atoms with Crippen LogP contribution in [0.3, 0.4) is 0 Å². The average Bonchev–Trinajstić information content (AvgIpc) is 2.03. The molecule has 1 aromatic rings. The molecule has 1 heterocycles. The standard InChI is InChI=1S/C8H4ClF2N/c9-5-1-2-6-3-4-7(10)12-8(6)11/h3-4H,5H2. The van der Waals surface area contributed by atoms with E-state index in [1.165, 1.54) is 6.07 Å². The van der Waals surface area contributed by atoms with E-state index < -0.39 is 11.9 Å². The molecule has 62 valence electrons. The van der Waals surface area contributed by atoms with Crippen molar-refractivity contribution in [2.45, 2.75) is 0 Å². The van der Waals surface area contributed by atoms with E-state index >= 15 is 0 Å². The zero-order chi connectivity index (χ0) is 8.97. The number of hydrogen-bond acceptors (Lipinski definition) is 1. The molecule has 0 aromatic carbocycles. The van der Waals surface area contributed by atoms with Gasteiger partial charge in [-0.15, -0.1) is 11.6 Å². The number of hydrogen-bond donors (Lipinski definition) is 0. The minimum Gasteiger partial charge on any atom is -0.189 e. The molecule has 0 radical (unpaired) electrons. The van der Waals surface area contributed by atoms with Crippen LogP contribution in [-0.2, 0) is 0 Å². The molecule has 4 heteroatoms. The van der Waals surface area contributed by atoms with E-state index in [4.69, 9.17) is 11.6 Å². The summed E-state index contributed by atoms with van der Waals surface area (Å²) < 4.78 is 24.9. The molecule has 1 rings (SSSR count). The SMILES string of the molecule is Fc1ccc(C#CCCl)c(F)n1. The van der Waals surface area contributed by atoms with Gasteiger partial charge in [-0.25, -0.2) is 0 Å². The Morgan fingerprint density at radius 3 is 2.75 bits per heavy atom. The maximum Gasteiger partial charge on any atom is 0.231 e. The van der Waals surface area contributed by atoms with Crippen LogP contribution in [0.5, 0.6) is 0 Å². The predicted molar refractivity (Wildman–Crippen MR) is 41.8 cm³/mol. The Labute approximate surface area is 73.4 Å². The van der Waals surface area contributed by atoms with Crippen molar-refractivity contribution in [2.24, 2.45) is 0 Å². The second kappa shape index (κ2) is 4.03. The Bertz CT molecular complexity index is 341. The van der Waals surface area contributed by atoms with Crippen molar-refractivity contribution in [3.63, 3.8) is 0 Å². The molecule has 1 aromatic heterocycles. The largest absolute Gasteiger partial charge is 0.231 e. The molecule has 12 heavy (non-hydrogen) atoms. The molecule has 0 aliphatic carbocycles. The van der Waals surface area contributed by atoms with Gasteiger partial charge in [0.15, 0.2) is 0 Å². The minimum atomic E-state index is -0.910. The van der Waals surface area contributed by atoms with Gasteiger partial charge in [-0.3, -0.25) is 0 Å². The number of nitrogens with zero attached hydrogens (tertiary/aromatic N) is 1. The van der Waals surface area contributed by atoms with Crippen molar-refractivity contribution < 1.29 is 8.78 Å². The lowest BCUT2D eigenvalue weighted by Gasteiger charge is -1.91. The Kier molecular flexibility index (Phi) is 3.01. The van der Waals surface area contributed by atoms with Gasteiger partial charge in [-0.05, 0) is 12.1 Å². The van der Waals surface area contributed by atoms with Crippen LogP contribution in [0.25, 0.3) is 0 Å². The molecule has 0 aliphatic rings. The molecule has 0 fully saturated rings. The number of rotatable bonds is 0. The van der Waals surface area contributed by atoms with Gasteiger partial charge >= 0.3 is 0 Å². The van der Waals surface area contributed by atoms with Crippen LogP contribution in [-0.4, -0.2) is 10.9 Å². The van der Waals surface area contributed by atoms with Crippen LogP contribution in [0.2, 0.25) is 0 Å². The fourth-order valence-electron chi connectivity index (χ4n) is 0.634. The monoisotopic (exact) mass is 187 g/mol. The van der Waals surface area contributed by atoms with Gasteiger partial charge in [0, 0.05) is 0 Å². The summed E-state index contributed by atoms with van der Waals surface area (Å²) in [5.74, 6) is 3.18. The Balaban J connectivity index is 3.01. The lowest BCUT2D eigenvalue weighted by molar-refractivity contribution is 0.510. The summed E-state index contributed by atoms with van der Waals surface area (Å²) in [6.07, 6.45) is 0. The molecular formula is C8H4ClF2N. The van der Waals surface area contributed by atoms with Gasteiger partial charge in [-0.1, -0.05) is 11.8 Å². The third-order valence-electron chi connectivity index (χ3n) is 1.10. The quantitative estimate of drug-likeness (QED) is 0.344. The summed E-state index contributed by atoms with van der Waals surface area (Å²) in [5, 5.41) is 0. The Morgan fingerprint density at radius 1 is 1.42 bits per heavy atom. The van der Waals surface area contributed by atoms with E-state index in [1.807, 2.05) is 0 Å². The highest BCUT2D eigenvalue weighted by Gasteiger charge is 2.00. The van der Waals surface area contributed by atoms with Crippen LogP contribution < -0.4 is 0 Å².